The van der Waals surface area contributed by atoms with E-state index in [0.717, 1.165) is 6.42 Å². The van der Waals surface area contributed by atoms with Gasteiger partial charge in [0.25, 0.3) is 0 Å². The molecule has 0 bridgehead atoms. The molecule has 6 heavy (non-hydrogen) atoms. The van der Waals surface area contributed by atoms with E-state index in [9.17, 15) is 0 Å². The molecule has 1 aliphatic rings. The van der Waals surface area contributed by atoms with Crippen molar-refractivity contribution >= 4 is 0 Å². The molecular weight excluding hydrogens is 82.0 g/mol. The predicted octanol–water partition coefficient (Wildman–Crippen LogP) is -0.377. The molecule has 0 aromatic rings. The Morgan fingerprint density at radius 3 is 2.67 bits per heavy atom. The van der Waals surface area contributed by atoms with Crippen molar-refractivity contribution in [1.82, 2.24) is 0 Å². The van der Waals surface area contributed by atoms with Crippen LogP contribution in [0, 0.1) is 0 Å². The van der Waals surface area contributed by atoms with Gasteiger partial charge in [0.1, 0.15) is 6.23 Å². The smallest absolute Gasteiger partial charge is 0.143 e. The summed E-state index contributed by atoms with van der Waals surface area (Å²) in [5.74, 6) is 0. The van der Waals surface area contributed by atoms with Crippen molar-refractivity contribution < 1.29 is 9.78 Å². The molecule has 1 atom stereocenters. The van der Waals surface area contributed by atoms with Crippen LogP contribution in [0.1, 0.15) is 6.42 Å². The van der Waals surface area contributed by atoms with Crippen molar-refractivity contribution in [2.45, 2.75) is 12.6 Å². The van der Waals surface area contributed by atoms with Crippen molar-refractivity contribution in [3.05, 3.63) is 0 Å². The molecule has 1 aliphatic heterocycles. The van der Waals surface area contributed by atoms with Crippen LogP contribution < -0.4 is 5.73 Å². The molecule has 0 aromatic heterocycles. The van der Waals surface area contributed by atoms with Gasteiger partial charge >= 0.3 is 0 Å². The summed E-state index contributed by atoms with van der Waals surface area (Å²) in [5.41, 5.74) is 5.19. The number of nitrogens with two attached hydrogens (primary N) is 1. The molecule has 0 saturated carbocycles. The van der Waals surface area contributed by atoms with Crippen LogP contribution >= 0.6 is 0 Å². The Hall–Kier alpha value is -0.120. The highest BCUT2D eigenvalue weighted by Gasteiger charge is 2.09. The standard InChI is InChI=1S/C3H7NO2/c4-3-1-2-5-6-3/h3H,1-2,4H2. The van der Waals surface area contributed by atoms with Gasteiger partial charge in [0.2, 0.25) is 0 Å². The van der Waals surface area contributed by atoms with Crippen LogP contribution in [0.5, 0.6) is 0 Å². The fourth-order valence-electron chi connectivity index (χ4n) is 0.348. The van der Waals surface area contributed by atoms with Gasteiger partial charge in [-0.25, -0.2) is 9.78 Å². The Morgan fingerprint density at radius 2 is 2.50 bits per heavy atom. The zero-order chi connectivity index (χ0) is 4.41. The van der Waals surface area contributed by atoms with Crippen LogP contribution in [-0.2, 0) is 9.78 Å². The summed E-state index contributed by atoms with van der Waals surface area (Å²) in [4.78, 5) is 8.86. The van der Waals surface area contributed by atoms with Crippen molar-refractivity contribution in [3.63, 3.8) is 0 Å². The van der Waals surface area contributed by atoms with E-state index in [1.807, 2.05) is 0 Å². The Morgan fingerprint density at radius 1 is 1.67 bits per heavy atom. The van der Waals surface area contributed by atoms with Gasteiger partial charge < -0.3 is 5.73 Å². The molecule has 2 N–H and O–H groups in total. The van der Waals surface area contributed by atoms with E-state index >= 15 is 0 Å². The molecule has 0 amide bonds. The molecule has 1 unspecified atom stereocenters. The van der Waals surface area contributed by atoms with Crippen molar-refractivity contribution in [2.75, 3.05) is 6.61 Å². The first-order valence-corrected chi connectivity index (χ1v) is 1.93. The first kappa shape index (κ1) is 4.05. The van der Waals surface area contributed by atoms with Crippen molar-refractivity contribution in [2.24, 2.45) is 5.73 Å². The minimum absolute atomic E-state index is 0.176. The highest BCUT2D eigenvalue weighted by Crippen LogP contribution is 2.00. The van der Waals surface area contributed by atoms with Gasteiger partial charge in [-0.2, -0.15) is 0 Å². The average molecular weight is 89.1 g/mol. The summed E-state index contributed by atoms with van der Waals surface area (Å²) in [6.45, 7) is 0.640. The molecule has 36 valence electrons. The van der Waals surface area contributed by atoms with Crippen LogP contribution in [0.2, 0.25) is 0 Å². The minimum atomic E-state index is -0.176. The lowest BCUT2D eigenvalue weighted by Crippen LogP contribution is -2.16. The summed E-state index contributed by atoms with van der Waals surface area (Å²) in [7, 11) is 0. The monoisotopic (exact) mass is 89.0 g/mol. The third-order valence-electron chi connectivity index (χ3n) is 0.677. The van der Waals surface area contributed by atoms with Crippen LogP contribution in [-0.4, -0.2) is 12.8 Å². The van der Waals surface area contributed by atoms with E-state index in [0.29, 0.717) is 6.61 Å². The largest absolute Gasteiger partial charge is 0.303 e. The van der Waals surface area contributed by atoms with Crippen molar-refractivity contribution in [1.29, 1.82) is 0 Å². The third-order valence-corrected chi connectivity index (χ3v) is 0.677. The zero-order valence-corrected chi connectivity index (χ0v) is 3.39. The molecule has 3 heteroatoms. The van der Waals surface area contributed by atoms with Crippen LogP contribution in [0.25, 0.3) is 0 Å². The maximum Gasteiger partial charge on any atom is 0.143 e. The summed E-state index contributed by atoms with van der Waals surface area (Å²) in [5, 5.41) is 0. The number of hydrogen-bond donors (Lipinski definition) is 1. The van der Waals surface area contributed by atoms with E-state index in [4.69, 9.17) is 5.73 Å². The van der Waals surface area contributed by atoms with Gasteiger partial charge in [-0.15, -0.1) is 0 Å². The second-order valence-electron chi connectivity index (χ2n) is 1.25. The summed E-state index contributed by atoms with van der Waals surface area (Å²) in [6.07, 6.45) is 0.644. The van der Waals surface area contributed by atoms with E-state index in [-0.39, 0.29) is 6.23 Å². The lowest BCUT2D eigenvalue weighted by molar-refractivity contribution is -0.273. The van der Waals surface area contributed by atoms with Gasteiger partial charge in [-0.3, -0.25) is 0 Å². The maximum absolute atomic E-state index is 5.19. The fraction of sp³-hybridized carbons (Fsp3) is 1.00. The number of hydrogen-bond acceptors (Lipinski definition) is 3. The first-order chi connectivity index (χ1) is 2.89. The second-order valence-corrected chi connectivity index (χ2v) is 1.25. The molecule has 0 radical (unpaired) electrons. The fourth-order valence-corrected chi connectivity index (χ4v) is 0.348. The van der Waals surface area contributed by atoms with Crippen LogP contribution in [0.15, 0.2) is 0 Å². The summed E-state index contributed by atoms with van der Waals surface area (Å²) in [6, 6.07) is 0. The van der Waals surface area contributed by atoms with E-state index in [2.05, 4.69) is 9.78 Å². The normalized spacial score (nSPS) is 34.5. The van der Waals surface area contributed by atoms with Gasteiger partial charge in [-0.1, -0.05) is 0 Å². The molecule has 1 saturated heterocycles. The maximum atomic E-state index is 5.19. The Kier molecular flexibility index (Phi) is 1.05. The highest BCUT2D eigenvalue weighted by molar-refractivity contribution is 4.46. The van der Waals surface area contributed by atoms with Crippen molar-refractivity contribution in [3.8, 4) is 0 Å². The Bertz CT molecular complexity index is 42.1. The van der Waals surface area contributed by atoms with Crippen LogP contribution in [0.4, 0.5) is 0 Å². The van der Waals surface area contributed by atoms with E-state index in [1.54, 1.807) is 0 Å². The van der Waals surface area contributed by atoms with Gasteiger partial charge in [0.15, 0.2) is 0 Å². The van der Waals surface area contributed by atoms with E-state index in [1.165, 1.54) is 0 Å². The van der Waals surface area contributed by atoms with Crippen LogP contribution in [0.3, 0.4) is 0 Å². The van der Waals surface area contributed by atoms with Gasteiger partial charge in [-0.05, 0) is 0 Å². The topological polar surface area (TPSA) is 44.5 Å². The first-order valence-electron chi connectivity index (χ1n) is 1.93. The Labute approximate surface area is 36.0 Å². The molecular formula is C3H7NO2. The summed E-state index contributed by atoms with van der Waals surface area (Å²) >= 11 is 0. The minimum Gasteiger partial charge on any atom is -0.303 e. The molecule has 0 aliphatic carbocycles. The van der Waals surface area contributed by atoms with Gasteiger partial charge in [0.05, 0.1) is 6.61 Å². The lowest BCUT2D eigenvalue weighted by atomic mass is 10.4. The third kappa shape index (κ3) is 0.680. The molecule has 1 heterocycles. The van der Waals surface area contributed by atoms with Gasteiger partial charge in [0, 0.05) is 6.42 Å². The zero-order valence-electron chi connectivity index (χ0n) is 3.39. The SMILES string of the molecule is NC1CCOO1. The lowest BCUT2D eigenvalue weighted by Gasteiger charge is -1.91. The second kappa shape index (κ2) is 1.55. The quantitative estimate of drug-likeness (QED) is 0.411. The number of rotatable bonds is 0. The molecule has 1 rings (SSSR count). The molecule has 3 nitrogen and oxygen atoms in total. The van der Waals surface area contributed by atoms with E-state index < -0.39 is 0 Å². The Balaban J connectivity index is 2.18. The summed E-state index contributed by atoms with van der Waals surface area (Å²) < 4.78 is 0. The molecule has 0 aromatic carbocycles. The highest BCUT2D eigenvalue weighted by atomic mass is 17.2. The predicted molar refractivity (Wildman–Crippen MR) is 19.6 cm³/mol. The molecule has 0 spiro atoms. The molecule has 1 fully saturated rings. The average Bonchev–Trinajstić information content (AvgIpc) is 1.86.